The molecular weight excluding hydrogens is 385 g/mol. The quantitative estimate of drug-likeness (QED) is 0.623. The lowest BCUT2D eigenvalue weighted by molar-refractivity contribution is -0.137. The Bertz CT molecular complexity index is 793. The number of hydrogen-bond donors (Lipinski definition) is 2. The van der Waals surface area contributed by atoms with Crippen LogP contribution < -0.4 is 10.1 Å². The molecule has 2 aromatic rings. The van der Waals surface area contributed by atoms with E-state index in [4.69, 9.17) is 9.47 Å². The molecule has 1 aromatic carbocycles. The fraction of sp³-hybridized carbons (Fsp3) is 0.550. The van der Waals surface area contributed by atoms with Crippen LogP contribution in [0.15, 0.2) is 18.2 Å². The van der Waals surface area contributed by atoms with Gasteiger partial charge in [0.1, 0.15) is 11.9 Å². The van der Waals surface area contributed by atoms with E-state index in [1.165, 1.54) is 7.11 Å². The third-order valence-corrected chi connectivity index (χ3v) is 4.49. The Kier molecular flexibility index (Phi) is 8.06. The first-order chi connectivity index (χ1) is 13.7. The third-order valence-electron chi connectivity index (χ3n) is 4.49. The largest absolute Gasteiger partial charge is 0.488 e. The van der Waals surface area contributed by atoms with Crippen LogP contribution in [0.1, 0.15) is 23.7 Å². The molecule has 162 valence electrons. The van der Waals surface area contributed by atoms with Crippen molar-refractivity contribution in [2.75, 3.05) is 40.9 Å². The number of methoxy groups -OCH3 is 1. The average Bonchev–Trinajstić information content (AvgIpc) is 2.99. The van der Waals surface area contributed by atoms with Gasteiger partial charge in [0.2, 0.25) is 0 Å². The zero-order chi connectivity index (χ0) is 21.6. The highest BCUT2D eigenvalue weighted by molar-refractivity contribution is 5.67. The Hall–Kier alpha value is -2.10. The number of ether oxygens (including phenoxy) is 2. The second-order valence-corrected chi connectivity index (χ2v) is 7.14. The second-order valence-electron chi connectivity index (χ2n) is 7.14. The lowest BCUT2D eigenvalue weighted by Crippen LogP contribution is -2.27. The molecule has 0 fully saturated rings. The van der Waals surface area contributed by atoms with Gasteiger partial charge in [0, 0.05) is 43.6 Å². The fourth-order valence-electron chi connectivity index (χ4n) is 3.00. The van der Waals surface area contributed by atoms with Crippen LogP contribution in [-0.4, -0.2) is 62.1 Å². The van der Waals surface area contributed by atoms with Crippen molar-refractivity contribution in [2.45, 2.75) is 32.7 Å². The summed E-state index contributed by atoms with van der Waals surface area (Å²) >= 11 is 0. The van der Waals surface area contributed by atoms with E-state index in [2.05, 4.69) is 20.4 Å². The Morgan fingerprint density at radius 2 is 2.00 bits per heavy atom. The van der Waals surface area contributed by atoms with E-state index < -0.39 is 11.7 Å². The van der Waals surface area contributed by atoms with Crippen molar-refractivity contribution >= 4 is 0 Å². The van der Waals surface area contributed by atoms with Gasteiger partial charge in [0.25, 0.3) is 0 Å². The van der Waals surface area contributed by atoms with Crippen LogP contribution in [0.3, 0.4) is 0 Å². The lowest BCUT2D eigenvalue weighted by Gasteiger charge is -2.19. The van der Waals surface area contributed by atoms with E-state index in [9.17, 15) is 13.2 Å². The van der Waals surface area contributed by atoms with E-state index in [0.29, 0.717) is 17.8 Å². The second kappa shape index (κ2) is 10.1. The average molecular weight is 414 g/mol. The van der Waals surface area contributed by atoms with Gasteiger partial charge in [-0.2, -0.15) is 18.3 Å². The number of alkyl halides is 3. The number of aromatic nitrogens is 2. The maximum atomic E-state index is 13.5. The summed E-state index contributed by atoms with van der Waals surface area (Å²) in [5, 5.41) is 10.3. The molecule has 1 heterocycles. The standard InChI is InChI=1S/C20H29F3N4O2/c1-13(12-28-5)29-17-9-15(8-16(10-17)20(21,22)23)19-18(14(2)25-26-19)11-27(4)7-6-24-3/h8-10,13,24H,6-7,11-12H2,1-5H3,(H,25,26). The minimum atomic E-state index is -4.49. The first kappa shape index (κ1) is 23.2. The van der Waals surface area contributed by atoms with Crippen LogP contribution in [0.25, 0.3) is 11.3 Å². The molecule has 0 aliphatic heterocycles. The molecule has 0 amide bonds. The first-order valence-electron chi connectivity index (χ1n) is 9.41. The van der Waals surface area contributed by atoms with Crippen LogP contribution in [0.4, 0.5) is 13.2 Å². The Morgan fingerprint density at radius 3 is 2.62 bits per heavy atom. The number of aryl methyl sites for hydroxylation is 1. The van der Waals surface area contributed by atoms with Crippen molar-refractivity contribution in [3.05, 3.63) is 35.0 Å². The summed E-state index contributed by atoms with van der Waals surface area (Å²) in [6, 6.07) is 3.71. The van der Waals surface area contributed by atoms with E-state index in [1.807, 2.05) is 21.0 Å². The number of H-pyrrole nitrogens is 1. The van der Waals surface area contributed by atoms with E-state index in [1.54, 1.807) is 13.0 Å². The highest BCUT2D eigenvalue weighted by atomic mass is 19.4. The van der Waals surface area contributed by atoms with Crippen LogP contribution in [0.5, 0.6) is 5.75 Å². The summed E-state index contributed by atoms with van der Waals surface area (Å²) in [6.45, 7) is 6.04. The van der Waals surface area contributed by atoms with Crippen molar-refractivity contribution in [2.24, 2.45) is 0 Å². The van der Waals surface area contributed by atoms with Gasteiger partial charge in [-0.05, 0) is 46.1 Å². The molecule has 2 rings (SSSR count). The summed E-state index contributed by atoms with van der Waals surface area (Å²) in [5.74, 6) is 0.134. The molecule has 0 bridgehead atoms. The number of aromatic amines is 1. The predicted octanol–water partition coefficient (Wildman–Crippen LogP) is 3.47. The summed E-state index contributed by atoms with van der Waals surface area (Å²) in [4.78, 5) is 2.09. The summed E-state index contributed by atoms with van der Waals surface area (Å²) < 4.78 is 51.1. The zero-order valence-corrected chi connectivity index (χ0v) is 17.5. The monoisotopic (exact) mass is 414 g/mol. The maximum absolute atomic E-state index is 13.5. The van der Waals surface area contributed by atoms with Gasteiger partial charge in [-0.15, -0.1) is 0 Å². The molecule has 0 saturated heterocycles. The van der Waals surface area contributed by atoms with Gasteiger partial charge >= 0.3 is 6.18 Å². The number of nitrogens with zero attached hydrogens (tertiary/aromatic N) is 2. The Labute approximate surface area is 169 Å². The van der Waals surface area contributed by atoms with Gasteiger partial charge in [-0.1, -0.05) is 0 Å². The van der Waals surface area contributed by atoms with Crippen molar-refractivity contribution < 1.29 is 22.6 Å². The number of likely N-dealkylation sites (N-methyl/N-ethyl adjacent to an activating group) is 2. The van der Waals surface area contributed by atoms with Gasteiger partial charge in [-0.3, -0.25) is 5.10 Å². The molecule has 0 saturated carbocycles. The third kappa shape index (κ3) is 6.45. The number of halogens is 3. The van der Waals surface area contributed by atoms with Crippen LogP contribution in [0.2, 0.25) is 0 Å². The minimum Gasteiger partial charge on any atom is -0.488 e. The molecule has 1 aromatic heterocycles. The minimum absolute atomic E-state index is 0.134. The highest BCUT2D eigenvalue weighted by Gasteiger charge is 2.32. The molecule has 9 heteroatoms. The SMILES string of the molecule is CNCCN(C)Cc1c(-c2cc(OC(C)COC)cc(C(F)(F)F)c2)n[nH]c1C. The smallest absolute Gasteiger partial charge is 0.416 e. The molecule has 1 unspecified atom stereocenters. The molecule has 29 heavy (non-hydrogen) atoms. The van der Waals surface area contributed by atoms with Crippen LogP contribution in [0, 0.1) is 6.92 Å². The van der Waals surface area contributed by atoms with E-state index in [0.717, 1.165) is 36.5 Å². The molecule has 2 N–H and O–H groups in total. The highest BCUT2D eigenvalue weighted by Crippen LogP contribution is 2.36. The maximum Gasteiger partial charge on any atom is 0.416 e. The molecule has 0 aliphatic rings. The number of hydrogen-bond acceptors (Lipinski definition) is 5. The molecule has 1 atom stereocenters. The van der Waals surface area contributed by atoms with Crippen molar-refractivity contribution in [3.63, 3.8) is 0 Å². The Balaban J connectivity index is 2.43. The molecule has 0 spiro atoms. The number of nitrogens with one attached hydrogen (secondary N) is 2. The Morgan fingerprint density at radius 1 is 1.28 bits per heavy atom. The van der Waals surface area contributed by atoms with E-state index in [-0.39, 0.29) is 18.5 Å². The summed E-state index contributed by atoms with van der Waals surface area (Å²) in [6.07, 6.45) is -4.88. The van der Waals surface area contributed by atoms with Crippen LogP contribution >= 0.6 is 0 Å². The normalized spacial score (nSPS) is 13.1. The molecule has 0 radical (unpaired) electrons. The number of rotatable bonds is 10. The van der Waals surface area contributed by atoms with Gasteiger partial charge < -0.3 is 19.7 Å². The first-order valence-corrected chi connectivity index (χ1v) is 9.41. The van der Waals surface area contributed by atoms with Crippen molar-refractivity contribution in [1.29, 1.82) is 0 Å². The van der Waals surface area contributed by atoms with Gasteiger partial charge in [0.15, 0.2) is 0 Å². The lowest BCUT2D eigenvalue weighted by atomic mass is 10.0. The topological polar surface area (TPSA) is 62.4 Å². The number of benzene rings is 1. The summed E-state index contributed by atoms with van der Waals surface area (Å²) in [5.41, 5.74) is 1.77. The zero-order valence-electron chi connectivity index (χ0n) is 17.5. The van der Waals surface area contributed by atoms with Crippen molar-refractivity contribution in [1.82, 2.24) is 20.4 Å². The van der Waals surface area contributed by atoms with Crippen LogP contribution in [-0.2, 0) is 17.5 Å². The van der Waals surface area contributed by atoms with E-state index >= 15 is 0 Å². The fourth-order valence-corrected chi connectivity index (χ4v) is 3.00. The molecule has 0 aliphatic carbocycles. The van der Waals surface area contributed by atoms with Gasteiger partial charge in [-0.25, -0.2) is 0 Å². The predicted molar refractivity (Wildman–Crippen MR) is 106 cm³/mol. The molecular formula is C20H29F3N4O2. The van der Waals surface area contributed by atoms with Gasteiger partial charge in [0.05, 0.1) is 17.9 Å². The molecule has 6 nitrogen and oxygen atoms in total. The summed E-state index contributed by atoms with van der Waals surface area (Å²) in [7, 11) is 5.35. The van der Waals surface area contributed by atoms with Crippen molar-refractivity contribution in [3.8, 4) is 17.0 Å².